The molecular formula is C15H16FN3O3S. The minimum absolute atomic E-state index is 0.0561. The predicted molar refractivity (Wildman–Crippen MR) is 83.7 cm³/mol. The fourth-order valence-corrected chi connectivity index (χ4v) is 2.53. The first-order valence-corrected chi connectivity index (χ1v) is 7.74. The Bertz CT molecular complexity index is 690. The van der Waals surface area contributed by atoms with Crippen molar-refractivity contribution in [1.82, 2.24) is 14.8 Å². The second-order valence-corrected chi connectivity index (χ2v) is 5.32. The molecule has 1 aromatic heterocycles. The Morgan fingerprint density at radius 3 is 2.91 bits per heavy atom. The number of ether oxygens (including phenoxy) is 2. The van der Waals surface area contributed by atoms with Gasteiger partial charge in [0.15, 0.2) is 22.5 Å². The van der Waals surface area contributed by atoms with Crippen molar-refractivity contribution in [3.05, 3.63) is 48.6 Å². The van der Waals surface area contributed by atoms with Gasteiger partial charge in [-0.3, -0.25) is 9.36 Å². The highest BCUT2D eigenvalue weighted by Crippen LogP contribution is 2.20. The molecule has 2 aromatic rings. The zero-order valence-electron chi connectivity index (χ0n) is 12.6. The molecule has 0 atom stereocenters. The molecule has 6 nitrogen and oxygen atoms in total. The molecule has 23 heavy (non-hydrogen) atoms. The van der Waals surface area contributed by atoms with Crippen LogP contribution in [0.2, 0.25) is 0 Å². The van der Waals surface area contributed by atoms with Gasteiger partial charge in [0.05, 0.1) is 12.9 Å². The number of aromatic nitrogens is 3. The van der Waals surface area contributed by atoms with Crippen LogP contribution in [0.25, 0.3) is 0 Å². The van der Waals surface area contributed by atoms with Crippen molar-refractivity contribution in [3.8, 4) is 5.75 Å². The van der Waals surface area contributed by atoms with E-state index in [9.17, 15) is 9.18 Å². The second-order valence-electron chi connectivity index (χ2n) is 4.38. The van der Waals surface area contributed by atoms with Crippen LogP contribution >= 0.6 is 11.8 Å². The lowest BCUT2D eigenvalue weighted by Crippen LogP contribution is -2.09. The maximum atomic E-state index is 13.6. The van der Waals surface area contributed by atoms with Gasteiger partial charge in [0.2, 0.25) is 0 Å². The quantitative estimate of drug-likeness (QED) is 0.419. The molecule has 8 heteroatoms. The average Bonchev–Trinajstić information content (AvgIpc) is 2.94. The zero-order valence-corrected chi connectivity index (χ0v) is 13.4. The van der Waals surface area contributed by atoms with E-state index < -0.39 is 5.82 Å². The van der Waals surface area contributed by atoms with Gasteiger partial charge in [-0.1, -0.05) is 30.0 Å². The van der Waals surface area contributed by atoms with E-state index in [1.165, 1.54) is 31.0 Å². The predicted octanol–water partition coefficient (Wildman–Crippen LogP) is 2.45. The van der Waals surface area contributed by atoms with Crippen LogP contribution in [-0.2, 0) is 22.7 Å². The number of para-hydroxylation sites is 1. The second kappa shape index (κ2) is 8.33. The SMILES string of the molecule is C=CCn1c(COc2ccccc2F)nnc1SCC(=O)OC. The highest BCUT2D eigenvalue weighted by molar-refractivity contribution is 7.99. The lowest BCUT2D eigenvalue weighted by atomic mass is 10.3. The van der Waals surface area contributed by atoms with Crippen molar-refractivity contribution in [2.45, 2.75) is 18.3 Å². The summed E-state index contributed by atoms with van der Waals surface area (Å²) < 4.78 is 25.3. The summed E-state index contributed by atoms with van der Waals surface area (Å²) in [6.45, 7) is 4.19. The van der Waals surface area contributed by atoms with Gasteiger partial charge in [-0.25, -0.2) is 4.39 Å². The molecule has 0 aliphatic carbocycles. The molecule has 0 aliphatic heterocycles. The lowest BCUT2D eigenvalue weighted by molar-refractivity contribution is -0.137. The molecule has 0 fully saturated rings. The Morgan fingerprint density at radius 2 is 2.22 bits per heavy atom. The Morgan fingerprint density at radius 1 is 1.43 bits per heavy atom. The van der Waals surface area contributed by atoms with Crippen molar-refractivity contribution in [2.75, 3.05) is 12.9 Å². The summed E-state index contributed by atoms with van der Waals surface area (Å²) in [5.74, 6) is -0.0141. The number of carbonyl (C=O) groups excluding carboxylic acids is 1. The van der Waals surface area contributed by atoms with Crippen LogP contribution in [0.15, 0.2) is 42.1 Å². The first kappa shape index (κ1) is 17.0. The molecule has 0 saturated carbocycles. The smallest absolute Gasteiger partial charge is 0.316 e. The molecule has 1 aromatic carbocycles. The zero-order chi connectivity index (χ0) is 16.7. The number of allylic oxidation sites excluding steroid dienone is 1. The topological polar surface area (TPSA) is 66.2 Å². The number of esters is 1. The number of hydrogen-bond donors (Lipinski definition) is 0. The van der Waals surface area contributed by atoms with Crippen LogP contribution in [-0.4, -0.2) is 33.6 Å². The molecule has 0 bridgehead atoms. The summed E-state index contributed by atoms with van der Waals surface area (Å²) in [6, 6.07) is 6.13. The Labute approximate surface area is 137 Å². The van der Waals surface area contributed by atoms with Gasteiger partial charge in [0.25, 0.3) is 0 Å². The molecular weight excluding hydrogens is 321 g/mol. The largest absolute Gasteiger partial charge is 0.483 e. The van der Waals surface area contributed by atoms with E-state index in [0.717, 1.165) is 0 Å². The molecule has 2 rings (SSSR count). The Hall–Kier alpha value is -2.35. The average molecular weight is 337 g/mol. The molecule has 0 radical (unpaired) electrons. The molecule has 1 heterocycles. The van der Waals surface area contributed by atoms with E-state index in [2.05, 4.69) is 21.5 Å². The fourth-order valence-electron chi connectivity index (χ4n) is 1.73. The summed E-state index contributed by atoms with van der Waals surface area (Å²) in [5, 5.41) is 8.59. The number of carbonyl (C=O) groups is 1. The highest BCUT2D eigenvalue weighted by Gasteiger charge is 2.14. The first-order valence-electron chi connectivity index (χ1n) is 6.75. The van der Waals surface area contributed by atoms with Crippen LogP contribution in [0.1, 0.15) is 5.82 Å². The Kier molecular flexibility index (Phi) is 6.16. The standard InChI is InChI=1S/C15H16FN3O3S/c1-3-8-19-13(9-22-12-7-5-4-6-11(12)16)17-18-15(19)23-10-14(20)21-2/h3-7H,1,8-10H2,2H3. The van der Waals surface area contributed by atoms with E-state index >= 15 is 0 Å². The number of thioether (sulfide) groups is 1. The summed E-state index contributed by atoms with van der Waals surface area (Å²) in [7, 11) is 1.32. The van der Waals surface area contributed by atoms with Crippen molar-refractivity contribution < 1.29 is 18.7 Å². The number of nitrogens with zero attached hydrogens (tertiary/aromatic N) is 3. The summed E-state index contributed by atoms with van der Waals surface area (Å²) >= 11 is 1.20. The maximum Gasteiger partial charge on any atom is 0.316 e. The third kappa shape index (κ3) is 4.56. The molecule has 122 valence electrons. The lowest BCUT2D eigenvalue weighted by Gasteiger charge is -2.09. The van der Waals surface area contributed by atoms with Gasteiger partial charge >= 0.3 is 5.97 Å². The third-order valence-electron chi connectivity index (χ3n) is 2.85. The minimum Gasteiger partial charge on any atom is -0.483 e. The summed E-state index contributed by atoms with van der Waals surface area (Å²) in [4.78, 5) is 11.2. The van der Waals surface area contributed by atoms with Crippen molar-refractivity contribution >= 4 is 17.7 Å². The van der Waals surface area contributed by atoms with Crippen LogP contribution in [0, 0.1) is 5.82 Å². The van der Waals surface area contributed by atoms with Crippen LogP contribution in [0.3, 0.4) is 0 Å². The van der Waals surface area contributed by atoms with E-state index in [0.29, 0.717) is 17.5 Å². The van der Waals surface area contributed by atoms with E-state index in [1.54, 1.807) is 22.8 Å². The van der Waals surface area contributed by atoms with E-state index in [1.807, 2.05) is 0 Å². The van der Waals surface area contributed by atoms with Crippen molar-refractivity contribution in [2.24, 2.45) is 0 Å². The van der Waals surface area contributed by atoms with Gasteiger partial charge < -0.3 is 9.47 Å². The maximum absolute atomic E-state index is 13.6. The Balaban J connectivity index is 2.09. The summed E-state index contributed by atoms with van der Waals surface area (Å²) in [5.41, 5.74) is 0. The van der Waals surface area contributed by atoms with Crippen molar-refractivity contribution in [3.63, 3.8) is 0 Å². The normalized spacial score (nSPS) is 10.3. The van der Waals surface area contributed by atoms with Gasteiger partial charge in [0.1, 0.15) is 6.61 Å². The number of halogens is 1. The first-order chi connectivity index (χ1) is 11.2. The van der Waals surface area contributed by atoms with Gasteiger partial charge in [-0.05, 0) is 12.1 Å². The van der Waals surface area contributed by atoms with E-state index in [-0.39, 0.29) is 24.1 Å². The number of rotatable bonds is 8. The molecule has 0 unspecified atom stereocenters. The minimum atomic E-state index is -0.442. The van der Waals surface area contributed by atoms with Gasteiger partial charge in [-0.2, -0.15) is 0 Å². The third-order valence-corrected chi connectivity index (χ3v) is 3.79. The van der Waals surface area contributed by atoms with Gasteiger partial charge in [0, 0.05) is 6.54 Å². The molecule has 0 N–H and O–H groups in total. The molecule has 0 spiro atoms. The molecule has 0 amide bonds. The molecule has 0 aliphatic rings. The van der Waals surface area contributed by atoms with Crippen LogP contribution in [0.4, 0.5) is 4.39 Å². The summed E-state index contributed by atoms with van der Waals surface area (Å²) in [6.07, 6.45) is 1.68. The number of methoxy groups -OCH3 is 1. The van der Waals surface area contributed by atoms with E-state index in [4.69, 9.17) is 4.74 Å². The van der Waals surface area contributed by atoms with Crippen LogP contribution < -0.4 is 4.74 Å². The monoisotopic (exact) mass is 337 g/mol. The van der Waals surface area contributed by atoms with Gasteiger partial charge in [-0.15, -0.1) is 16.8 Å². The molecule has 0 saturated heterocycles. The number of hydrogen-bond acceptors (Lipinski definition) is 6. The van der Waals surface area contributed by atoms with Crippen molar-refractivity contribution in [1.29, 1.82) is 0 Å². The number of benzene rings is 1. The fraction of sp³-hybridized carbons (Fsp3) is 0.267. The highest BCUT2D eigenvalue weighted by atomic mass is 32.2. The van der Waals surface area contributed by atoms with Crippen LogP contribution in [0.5, 0.6) is 5.75 Å².